The first kappa shape index (κ1) is 75.0. The van der Waals surface area contributed by atoms with Gasteiger partial charge in [0.05, 0.1) is 50.3 Å². The van der Waals surface area contributed by atoms with Crippen LogP contribution in [0.25, 0.3) is 150 Å². The molecule has 0 bridgehead atoms. The molecule has 0 N–H and O–H groups in total. The maximum atomic E-state index is 2.64. The number of nitrogens with zero attached hydrogens (tertiary/aromatic N) is 3. The summed E-state index contributed by atoms with van der Waals surface area (Å²) in [5.41, 5.74) is 50.7. The molecule has 3 nitrogen and oxygen atoms in total. The summed E-state index contributed by atoms with van der Waals surface area (Å²) >= 11 is 0. The molecule has 131 heavy (non-hydrogen) atoms. The molecule has 0 atom stereocenters. The molecule has 0 unspecified atom stereocenters. The van der Waals surface area contributed by atoms with E-state index in [1.165, 1.54) is 194 Å². The van der Waals surface area contributed by atoms with Gasteiger partial charge in [-0.2, -0.15) is 0 Å². The van der Waals surface area contributed by atoms with E-state index in [4.69, 9.17) is 0 Å². The van der Waals surface area contributed by atoms with Crippen molar-refractivity contribution in [1.82, 2.24) is 4.57 Å². The maximum absolute atomic E-state index is 2.64. The zero-order chi connectivity index (χ0) is 86.7. The fourth-order valence-corrected chi connectivity index (χ4v) is 24.8. The number of aromatic nitrogens is 1. The van der Waals surface area contributed by atoms with Crippen molar-refractivity contribution < 1.29 is 0 Å². The third kappa shape index (κ3) is 10.5. The van der Waals surface area contributed by atoms with Gasteiger partial charge in [-0.1, -0.05) is 398 Å². The van der Waals surface area contributed by atoms with Crippen molar-refractivity contribution in [2.45, 2.75) is 49.4 Å². The third-order valence-corrected chi connectivity index (χ3v) is 30.4. The molecule has 0 radical (unpaired) electrons. The van der Waals surface area contributed by atoms with Crippen molar-refractivity contribution in [1.29, 1.82) is 0 Å². The van der Waals surface area contributed by atoms with Gasteiger partial charge in [-0.05, 0) is 246 Å². The van der Waals surface area contributed by atoms with Gasteiger partial charge in [-0.15, -0.1) is 0 Å². The monoisotopic (exact) mass is 1670 g/mol. The van der Waals surface area contributed by atoms with Gasteiger partial charge < -0.3 is 14.4 Å². The smallest absolute Gasteiger partial charge is 0.0766 e. The molecule has 20 aromatic carbocycles. The Hall–Kier alpha value is -16.2. The topological polar surface area (TPSA) is 11.4 Å². The van der Waals surface area contributed by atoms with E-state index in [-0.39, 0.29) is 10.8 Å². The molecule has 27 rings (SSSR count). The van der Waals surface area contributed by atoms with Crippen LogP contribution in [0.1, 0.15) is 94.5 Å². The highest BCUT2D eigenvalue weighted by Gasteiger charge is 2.57. The maximum Gasteiger partial charge on any atom is 0.0766 e. The summed E-state index contributed by atoms with van der Waals surface area (Å²) in [6.07, 6.45) is 0. The summed E-state index contributed by atoms with van der Waals surface area (Å²) in [6.45, 7) is 9.68. The van der Waals surface area contributed by atoms with Crippen LogP contribution in [0, 0.1) is 0 Å². The van der Waals surface area contributed by atoms with Gasteiger partial charge in [0.2, 0.25) is 0 Å². The Morgan fingerprint density at radius 2 is 0.473 bits per heavy atom. The molecule has 0 fully saturated rings. The molecule has 0 amide bonds. The Morgan fingerprint density at radius 1 is 0.176 bits per heavy atom. The number of rotatable bonds is 12. The summed E-state index contributed by atoms with van der Waals surface area (Å²) in [7, 11) is 0. The molecule has 0 saturated carbocycles. The van der Waals surface area contributed by atoms with Crippen LogP contribution in [-0.2, 0) is 21.7 Å². The second-order valence-corrected chi connectivity index (χ2v) is 37.5. The predicted octanol–water partition coefficient (Wildman–Crippen LogP) is 33.4. The number of fused-ring (bicyclic) bond motifs is 29. The largest absolute Gasteiger partial charge is 0.310 e. The summed E-state index contributed by atoms with van der Waals surface area (Å²) in [4.78, 5) is 5.27. The van der Waals surface area contributed by atoms with Crippen molar-refractivity contribution in [3.05, 3.63) is 522 Å². The highest BCUT2D eigenvalue weighted by atomic mass is 15.2. The van der Waals surface area contributed by atoms with Crippen molar-refractivity contribution >= 4 is 55.9 Å². The van der Waals surface area contributed by atoms with Gasteiger partial charge >= 0.3 is 0 Å². The average Bonchev–Trinajstić information content (AvgIpc) is 1.50. The van der Waals surface area contributed by atoms with Gasteiger partial charge in [-0.3, -0.25) is 0 Å². The van der Waals surface area contributed by atoms with E-state index in [2.05, 4.69) is 497 Å². The van der Waals surface area contributed by atoms with E-state index < -0.39 is 10.8 Å². The molecular formula is C128H87N3. The molecule has 21 aromatic rings. The van der Waals surface area contributed by atoms with Crippen LogP contribution in [0.3, 0.4) is 0 Å². The molecular weight excluding hydrogens is 1580 g/mol. The Labute approximate surface area is 764 Å². The Morgan fingerprint density at radius 3 is 0.924 bits per heavy atom. The lowest BCUT2D eigenvalue weighted by molar-refractivity contribution is 0.660. The van der Waals surface area contributed by atoms with Gasteiger partial charge in [0.15, 0.2) is 0 Å². The first-order valence-corrected chi connectivity index (χ1v) is 46.1. The van der Waals surface area contributed by atoms with E-state index in [1.807, 2.05) is 0 Å². The zero-order valence-corrected chi connectivity index (χ0v) is 73.1. The number of para-hydroxylation sites is 2. The van der Waals surface area contributed by atoms with Gasteiger partial charge in [-0.25, -0.2) is 0 Å². The van der Waals surface area contributed by atoms with Gasteiger partial charge in [0, 0.05) is 60.8 Å². The van der Waals surface area contributed by atoms with Crippen LogP contribution in [-0.4, -0.2) is 4.57 Å². The van der Waals surface area contributed by atoms with Crippen molar-refractivity contribution in [2.75, 3.05) is 9.80 Å². The summed E-state index contributed by atoms with van der Waals surface area (Å²) in [6, 6.07) is 173. The zero-order valence-electron chi connectivity index (χ0n) is 73.1. The van der Waals surface area contributed by atoms with Crippen LogP contribution < -0.4 is 9.80 Å². The molecule has 614 valence electrons. The Bertz CT molecular complexity index is 8300. The van der Waals surface area contributed by atoms with Crippen LogP contribution in [0.5, 0.6) is 0 Å². The Kier molecular flexibility index (Phi) is 16.1. The average molecular weight is 1670 g/mol. The second-order valence-electron chi connectivity index (χ2n) is 37.5. The fraction of sp³-hybridized carbons (Fsp3) is 0.0625. The van der Waals surface area contributed by atoms with Crippen LogP contribution in [0.2, 0.25) is 0 Å². The first-order chi connectivity index (χ1) is 64.5. The molecule has 1 aromatic heterocycles. The number of hydrogen-bond acceptors (Lipinski definition) is 2. The summed E-state index contributed by atoms with van der Waals surface area (Å²) < 4.78 is 2.58. The third-order valence-electron chi connectivity index (χ3n) is 30.4. The van der Waals surface area contributed by atoms with E-state index in [0.717, 1.165) is 56.4 Å². The first-order valence-electron chi connectivity index (χ1n) is 46.1. The van der Waals surface area contributed by atoms with E-state index in [9.17, 15) is 0 Å². The van der Waals surface area contributed by atoms with Gasteiger partial charge in [0.25, 0.3) is 0 Å². The number of anilines is 6. The SMILES string of the molecule is CC1(C)c2ccccc2-c2ccc(N(c3ccccc3-c3ccccc3)c3cccc4c3C3(c5ccccc5-c5ccccc53)c3c-4cccc3N(c3ccc4c(c3)C(C)(C)c3ccc(-c5ccc(-c6ccc7c(c6)c6cc(-c8ccccc8)ccc6n7-c6cccc7c6C6(c8ccccc8-c8ccccc86)c6ccccc6-7)cc5)cc3-4)c3ccccc3-c3ccccc3)cc21. The molecule has 1 heterocycles. The van der Waals surface area contributed by atoms with Crippen molar-refractivity contribution in [2.24, 2.45) is 0 Å². The highest BCUT2D eigenvalue weighted by Crippen LogP contribution is 2.70. The minimum absolute atomic E-state index is 0.251. The molecule has 0 aliphatic heterocycles. The van der Waals surface area contributed by atoms with E-state index in [1.54, 1.807) is 0 Å². The van der Waals surface area contributed by atoms with Crippen LogP contribution in [0.15, 0.2) is 455 Å². The number of hydrogen-bond donors (Lipinski definition) is 0. The second kappa shape index (κ2) is 28.1. The normalized spacial score (nSPS) is 14.2. The minimum Gasteiger partial charge on any atom is -0.310 e. The molecule has 2 spiro atoms. The minimum atomic E-state index is -0.861. The quantitative estimate of drug-likeness (QED) is 0.121. The fourth-order valence-electron chi connectivity index (χ4n) is 24.8. The molecule has 3 heteroatoms. The van der Waals surface area contributed by atoms with E-state index >= 15 is 0 Å². The standard InChI is InChI=1S/C128H87N3/c1-125(2)106-50-22-14-41-92(106)98-70-68-88(78-113(98)125)129(115-56-28-20-39-90(115)83-35-10-6-11-36-83)119-58-31-48-101-102-49-32-59-120(124(102)128(123(101)119)111-54-26-17-44-95(111)96-45-18-27-55-112(96)128)130(116-57-29-21-40-91(116)84-37-12-7-13-38-84)89-69-71-99-103-75-85(65-72-107(103)126(3,4)114(99)79-89)81-61-63-82(64-62-81)87-67-74-118-105(77-87)104-76-86(80-33-8-5-9-34-80)66-73-117(104)131(118)121-60-30-47-100-97-46-19-25-53-110(97)127(122(100)121)108-51-23-15-42-93(108)94-43-16-24-52-109(94)127/h5-79H,1-4H3. The molecule has 0 saturated heterocycles. The molecule has 6 aliphatic rings. The Balaban J connectivity index is 0.602. The number of benzene rings is 20. The summed E-state index contributed by atoms with van der Waals surface area (Å²) in [5, 5.41) is 2.44. The lowest BCUT2D eigenvalue weighted by atomic mass is 9.69. The lowest BCUT2D eigenvalue weighted by Crippen LogP contribution is -2.30. The van der Waals surface area contributed by atoms with E-state index in [0.29, 0.717) is 0 Å². The highest BCUT2D eigenvalue weighted by molar-refractivity contribution is 6.13. The molecule has 6 aliphatic carbocycles. The van der Waals surface area contributed by atoms with Crippen molar-refractivity contribution in [3.63, 3.8) is 0 Å². The predicted molar refractivity (Wildman–Crippen MR) is 545 cm³/mol. The van der Waals surface area contributed by atoms with Gasteiger partial charge in [0.1, 0.15) is 0 Å². The van der Waals surface area contributed by atoms with Crippen molar-refractivity contribution in [3.8, 4) is 128 Å². The summed E-state index contributed by atoms with van der Waals surface area (Å²) in [5.74, 6) is 0. The lowest BCUT2D eigenvalue weighted by Gasteiger charge is -2.39. The van der Waals surface area contributed by atoms with Crippen LogP contribution in [0.4, 0.5) is 34.1 Å². The van der Waals surface area contributed by atoms with Crippen LogP contribution >= 0.6 is 0 Å².